The maximum atomic E-state index is 11.0. The number of nitrogens with zero attached hydrogens (tertiary/aromatic N) is 1. The van der Waals surface area contributed by atoms with Gasteiger partial charge in [-0.3, -0.25) is 4.57 Å². The van der Waals surface area contributed by atoms with Crippen molar-refractivity contribution < 1.29 is 9.46 Å². The third kappa shape index (κ3) is 7.08. The van der Waals surface area contributed by atoms with Gasteiger partial charge in [-0.25, -0.2) is 0 Å². The summed E-state index contributed by atoms with van der Waals surface area (Å²) in [6, 6.07) is 2.15. The summed E-state index contributed by atoms with van der Waals surface area (Å²) in [6.07, 6.45) is 0.728. The molecular weight excluding hydrogens is 257 g/mol. The lowest BCUT2D eigenvalue weighted by Crippen LogP contribution is -2.15. The molecule has 0 amide bonds. The lowest BCUT2D eigenvalue weighted by molar-refractivity contribution is 0.514. The average molecular weight is 271 g/mol. The number of thiol groups is 1. The van der Waals surface area contributed by atoms with Gasteiger partial charge in [0.05, 0.1) is 15.4 Å². The van der Waals surface area contributed by atoms with E-state index < -0.39 is 10.5 Å². The zero-order valence-electron chi connectivity index (χ0n) is 8.30. The first-order valence-corrected chi connectivity index (χ1v) is 9.21. The van der Waals surface area contributed by atoms with Gasteiger partial charge in [-0.15, -0.1) is 11.8 Å². The van der Waals surface area contributed by atoms with Crippen LogP contribution < -0.4 is 0 Å². The Bertz CT molecular complexity index is 271. The van der Waals surface area contributed by atoms with E-state index in [-0.39, 0.29) is 4.58 Å². The Morgan fingerprint density at radius 3 is 2.50 bits per heavy atom. The summed E-state index contributed by atoms with van der Waals surface area (Å²) in [5.41, 5.74) is 0. The van der Waals surface area contributed by atoms with Crippen molar-refractivity contribution in [1.82, 2.24) is 0 Å². The molecule has 0 aromatic carbocycles. The van der Waals surface area contributed by atoms with Crippen molar-refractivity contribution in [2.75, 3.05) is 0 Å². The van der Waals surface area contributed by atoms with Gasteiger partial charge < -0.3 is 4.89 Å². The Morgan fingerprint density at radius 1 is 1.71 bits per heavy atom. The highest BCUT2D eigenvalue weighted by molar-refractivity contribution is 8.85. The first-order chi connectivity index (χ1) is 6.20. The van der Waals surface area contributed by atoms with Crippen LogP contribution in [-0.4, -0.2) is 14.2 Å². The van der Waals surface area contributed by atoms with Crippen LogP contribution in [0.3, 0.4) is 0 Å². The number of rotatable bonds is 5. The zero-order valence-corrected chi connectivity index (χ0v) is 11.7. The second-order valence-corrected chi connectivity index (χ2v) is 11.6. The molecule has 0 aliphatic carbocycles. The van der Waals surface area contributed by atoms with Crippen LogP contribution in [0, 0.1) is 11.3 Å². The van der Waals surface area contributed by atoms with E-state index in [2.05, 4.69) is 18.3 Å². The van der Waals surface area contributed by atoms with E-state index in [1.807, 2.05) is 6.92 Å². The topological polar surface area (TPSA) is 61.1 Å². The highest BCUT2D eigenvalue weighted by Gasteiger charge is 2.27. The molecule has 2 unspecified atom stereocenters. The van der Waals surface area contributed by atoms with E-state index in [0.717, 1.165) is 17.8 Å². The molecule has 1 N–H and O–H groups in total. The van der Waals surface area contributed by atoms with Crippen LogP contribution in [0.25, 0.3) is 0 Å². The minimum atomic E-state index is -3.35. The van der Waals surface area contributed by atoms with Gasteiger partial charge in [0.15, 0.2) is 0 Å². The quantitative estimate of drug-likeness (QED) is 0.455. The first-order valence-electron chi connectivity index (χ1n) is 4.03. The molecule has 0 fully saturated rings. The lowest BCUT2D eigenvalue weighted by atomic mass is 10.2. The predicted octanol–water partition coefficient (Wildman–Crippen LogP) is 3.52. The van der Waals surface area contributed by atoms with Crippen molar-refractivity contribution in [2.24, 2.45) is 0 Å². The molecule has 0 saturated carbocycles. The normalized spacial score (nSPS) is 18.3. The van der Waals surface area contributed by atoms with Gasteiger partial charge in [-0.05, 0) is 31.7 Å². The monoisotopic (exact) mass is 271 g/mol. The predicted molar refractivity (Wildman–Crippen MR) is 67.8 cm³/mol. The molecule has 14 heavy (non-hydrogen) atoms. The molecular formula is C7H14NO2PS3. The van der Waals surface area contributed by atoms with Gasteiger partial charge in [-0.1, -0.05) is 19.2 Å². The number of thioether (sulfide) groups is 1. The summed E-state index contributed by atoms with van der Waals surface area (Å²) >= 11 is 5.93. The summed E-state index contributed by atoms with van der Waals surface area (Å²) in [5, 5.41) is 8.81. The average Bonchev–Trinajstić information content (AvgIpc) is 2.00. The maximum Gasteiger partial charge on any atom is 0.308 e. The summed E-state index contributed by atoms with van der Waals surface area (Å²) in [5.74, 6) is -3.35. The van der Waals surface area contributed by atoms with Crippen LogP contribution >= 0.6 is 41.2 Å². The fraction of sp³-hybridized carbons (Fsp3) is 0.857. The van der Waals surface area contributed by atoms with Crippen LogP contribution in [0.4, 0.5) is 0 Å². The van der Waals surface area contributed by atoms with E-state index in [4.69, 9.17) is 10.2 Å². The van der Waals surface area contributed by atoms with E-state index >= 15 is 0 Å². The van der Waals surface area contributed by atoms with Crippen LogP contribution in [0.15, 0.2) is 0 Å². The number of hydrogen-bond donors (Lipinski definition) is 2. The largest absolute Gasteiger partial charge is 0.329 e. The molecule has 0 radical (unpaired) electrons. The third-order valence-electron chi connectivity index (χ3n) is 1.28. The second kappa shape index (κ2) is 5.72. The van der Waals surface area contributed by atoms with Gasteiger partial charge in [0.25, 0.3) is 0 Å². The summed E-state index contributed by atoms with van der Waals surface area (Å²) in [7, 11) is 0. The van der Waals surface area contributed by atoms with Gasteiger partial charge in [-0.2, -0.15) is 5.26 Å². The minimum absolute atomic E-state index is 0.0713. The molecule has 0 aliphatic heterocycles. The Morgan fingerprint density at radius 2 is 2.21 bits per heavy atom. The maximum absolute atomic E-state index is 11.0. The molecule has 0 saturated heterocycles. The minimum Gasteiger partial charge on any atom is -0.329 e. The molecule has 82 valence electrons. The van der Waals surface area contributed by atoms with Crippen molar-refractivity contribution >= 4 is 41.2 Å². The third-order valence-corrected chi connectivity index (χ3v) is 6.84. The van der Waals surface area contributed by atoms with Crippen LogP contribution in [0.2, 0.25) is 0 Å². The molecule has 2 atom stereocenters. The molecule has 0 heterocycles. The van der Waals surface area contributed by atoms with Crippen LogP contribution in [0.5, 0.6) is 0 Å². The molecule has 0 rings (SSSR count). The highest BCUT2D eigenvalue weighted by Crippen LogP contribution is 2.63. The van der Waals surface area contributed by atoms with Gasteiger partial charge >= 0.3 is 5.77 Å². The van der Waals surface area contributed by atoms with E-state index in [9.17, 15) is 4.57 Å². The van der Waals surface area contributed by atoms with Crippen LogP contribution in [0.1, 0.15) is 27.2 Å². The fourth-order valence-corrected chi connectivity index (χ4v) is 7.32. The van der Waals surface area contributed by atoms with E-state index in [1.165, 1.54) is 11.8 Å². The number of hydrogen-bond acceptors (Lipinski definition) is 4. The van der Waals surface area contributed by atoms with Crippen molar-refractivity contribution in [3.63, 3.8) is 0 Å². The smallest absolute Gasteiger partial charge is 0.308 e. The van der Waals surface area contributed by atoms with E-state index in [1.54, 1.807) is 13.8 Å². The standard InChI is InChI=1S/C7H14NO2PS3/c1-4-6(14-11(9,10)12)13-7(2,3)5-8/h6H,4H2,1-3H3,(H2,9,10,12). The van der Waals surface area contributed by atoms with Crippen molar-refractivity contribution in [3.8, 4) is 6.07 Å². The lowest BCUT2D eigenvalue weighted by Gasteiger charge is -2.22. The first kappa shape index (κ1) is 14.7. The fourth-order valence-electron chi connectivity index (χ4n) is 0.688. The Kier molecular flexibility index (Phi) is 6.01. The molecule has 0 aromatic rings. The Hall–Kier alpha value is 0.730. The van der Waals surface area contributed by atoms with Crippen molar-refractivity contribution in [3.05, 3.63) is 0 Å². The Labute approximate surface area is 98.4 Å². The van der Waals surface area contributed by atoms with Gasteiger partial charge in [0.1, 0.15) is 0 Å². The second-order valence-electron chi connectivity index (χ2n) is 3.17. The summed E-state index contributed by atoms with van der Waals surface area (Å²) in [6.45, 7) is 5.50. The summed E-state index contributed by atoms with van der Waals surface area (Å²) in [4.78, 5) is 9.08. The Balaban J connectivity index is 4.33. The molecule has 0 bridgehead atoms. The van der Waals surface area contributed by atoms with Crippen molar-refractivity contribution in [1.29, 1.82) is 5.26 Å². The number of nitriles is 1. The highest BCUT2D eigenvalue weighted by atomic mass is 33.1. The van der Waals surface area contributed by atoms with E-state index in [0.29, 0.717) is 0 Å². The zero-order chi connectivity index (χ0) is 11.4. The van der Waals surface area contributed by atoms with Crippen LogP contribution in [-0.2, 0) is 4.57 Å². The molecule has 7 heteroatoms. The molecule has 0 aromatic heterocycles. The molecule has 0 aliphatic rings. The van der Waals surface area contributed by atoms with Crippen molar-refractivity contribution in [2.45, 2.75) is 36.5 Å². The molecule has 3 nitrogen and oxygen atoms in total. The molecule has 0 spiro atoms. The SMILES string of the molecule is CCC(SC(C)(C)C#N)SP(=O)(O)S. The summed E-state index contributed by atoms with van der Waals surface area (Å²) < 4.78 is 10.4. The van der Waals surface area contributed by atoms with Gasteiger partial charge in [0, 0.05) is 0 Å². The van der Waals surface area contributed by atoms with Gasteiger partial charge in [0.2, 0.25) is 0 Å².